The highest BCUT2D eigenvalue weighted by Gasteiger charge is 2.48. The van der Waals surface area contributed by atoms with E-state index in [0.29, 0.717) is 55.7 Å². The minimum atomic E-state index is -4.39. The van der Waals surface area contributed by atoms with Crippen molar-refractivity contribution in [2.24, 2.45) is 11.8 Å². The number of hydrogen-bond acceptors (Lipinski definition) is 10. The van der Waals surface area contributed by atoms with E-state index in [1.807, 2.05) is 24.3 Å². The van der Waals surface area contributed by atoms with E-state index in [2.05, 4.69) is 15.7 Å². The number of ether oxygens (including phenoxy) is 3. The first-order chi connectivity index (χ1) is 28.1. The van der Waals surface area contributed by atoms with Gasteiger partial charge < -0.3 is 29.1 Å². The van der Waals surface area contributed by atoms with E-state index in [4.69, 9.17) is 25.8 Å². The molecule has 17 heteroatoms. The first kappa shape index (κ1) is 42.3. The van der Waals surface area contributed by atoms with Gasteiger partial charge in [0.05, 0.1) is 57.7 Å². The summed E-state index contributed by atoms with van der Waals surface area (Å²) in [6.07, 6.45) is 7.92. The summed E-state index contributed by atoms with van der Waals surface area (Å²) in [5.74, 6) is -3.63. The quantitative estimate of drug-likeness (QED) is 0.395. The zero-order chi connectivity index (χ0) is 41.6. The summed E-state index contributed by atoms with van der Waals surface area (Å²) in [7, 11) is -2.82. The highest BCUT2D eigenvalue weighted by atomic mass is 35.5. The number of rotatable bonds is 7. The third kappa shape index (κ3) is 8.86. The largest absolute Gasteiger partial charge is 0.490 e. The van der Waals surface area contributed by atoms with Crippen LogP contribution in [0.4, 0.5) is 14.5 Å². The van der Waals surface area contributed by atoms with Gasteiger partial charge in [0.2, 0.25) is 5.91 Å². The highest BCUT2D eigenvalue weighted by molar-refractivity contribution is 7.87. The molecule has 4 heterocycles. The molecule has 0 unspecified atom stereocenters. The van der Waals surface area contributed by atoms with E-state index in [9.17, 15) is 31.9 Å². The van der Waals surface area contributed by atoms with Crippen LogP contribution in [0.1, 0.15) is 55.2 Å². The number of aliphatic hydroxyl groups is 1. The Labute approximate surface area is 349 Å². The number of morpholine rings is 1. The maximum Gasteiger partial charge on any atom is 0.304 e. The summed E-state index contributed by atoms with van der Waals surface area (Å²) in [5, 5.41) is 13.2. The van der Waals surface area contributed by atoms with Gasteiger partial charge in [0.25, 0.3) is 11.8 Å². The molecule has 13 nitrogen and oxygen atoms in total. The molecule has 59 heavy (non-hydrogen) atoms. The number of carbonyl (C=O) groups excluding carboxylic acids is 2. The van der Waals surface area contributed by atoms with E-state index >= 15 is 0 Å². The van der Waals surface area contributed by atoms with Crippen molar-refractivity contribution >= 4 is 39.3 Å². The van der Waals surface area contributed by atoms with Crippen LogP contribution in [-0.4, -0.2) is 137 Å². The summed E-state index contributed by atoms with van der Waals surface area (Å²) >= 11 is 6.49. The summed E-state index contributed by atoms with van der Waals surface area (Å²) in [6.45, 7) is 2.31. The van der Waals surface area contributed by atoms with Crippen LogP contribution in [0.5, 0.6) is 5.75 Å². The van der Waals surface area contributed by atoms with Crippen molar-refractivity contribution in [2.75, 3.05) is 90.7 Å². The first-order valence-corrected chi connectivity index (χ1v) is 22.5. The second-order valence-corrected chi connectivity index (χ2v) is 19.3. The van der Waals surface area contributed by atoms with E-state index in [-0.39, 0.29) is 69.4 Å². The zero-order valence-electron chi connectivity index (χ0n) is 33.4. The predicted molar refractivity (Wildman–Crippen MR) is 217 cm³/mol. The molecule has 1 spiro atoms. The minimum Gasteiger partial charge on any atom is -0.490 e. The number of anilines is 1. The van der Waals surface area contributed by atoms with Crippen molar-refractivity contribution in [3.05, 3.63) is 70.3 Å². The fourth-order valence-electron chi connectivity index (χ4n) is 9.66. The van der Waals surface area contributed by atoms with Gasteiger partial charge in [-0.2, -0.15) is 12.7 Å². The molecule has 5 atom stereocenters. The summed E-state index contributed by atoms with van der Waals surface area (Å²) in [5.41, 5.74) is 0.0108. The van der Waals surface area contributed by atoms with Gasteiger partial charge in [-0.25, -0.2) is 13.5 Å². The lowest BCUT2D eigenvalue weighted by atomic mass is 9.68. The smallest absolute Gasteiger partial charge is 0.304 e. The number of carbonyl (C=O) groups is 2. The molecule has 2 aromatic rings. The molecular formula is C42H54ClF2N5O8S. The number of alkyl halides is 2. The molecular weight excluding hydrogens is 808 g/mol. The Morgan fingerprint density at radius 3 is 2.63 bits per heavy atom. The molecule has 2 saturated heterocycles. The molecule has 2 amide bonds. The van der Waals surface area contributed by atoms with Crippen molar-refractivity contribution in [1.29, 1.82) is 0 Å². The number of benzene rings is 2. The Bertz CT molecular complexity index is 2050. The molecule has 8 rings (SSSR count). The Morgan fingerprint density at radius 2 is 1.88 bits per heavy atom. The Hall–Kier alpha value is -3.38. The second-order valence-electron chi connectivity index (χ2n) is 17.2. The van der Waals surface area contributed by atoms with Gasteiger partial charge in [0.15, 0.2) is 5.60 Å². The van der Waals surface area contributed by atoms with Gasteiger partial charge in [-0.15, -0.1) is 0 Å². The van der Waals surface area contributed by atoms with Crippen LogP contribution in [0.25, 0.3) is 0 Å². The number of halogens is 3. The maximum absolute atomic E-state index is 14.2. The van der Waals surface area contributed by atoms with Crippen LogP contribution in [0.2, 0.25) is 5.02 Å². The molecule has 0 radical (unpaired) electrons. The number of fused-ring (bicyclic) bond motifs is 4. The van der Waals surface area contributed by atoms with Crippen LogP contribution in [-0.2, 0) is 46.7 Å². The molecule has 2 bridgehead atoms. The monoisotopic (exact) mass is 861 g/mol. The number of nitrogens with zero attached hydrogens (tertiary/aromatic N) is 4. The van der Waals surface area contributed by atoms with Gasteiger partial charge in [-0.05, 0) is 91.3 Å². The second kappa shape index (κ2) is 16.8. The van der Waals surface area contributed by atoms with Crippen LogP contribution in [0.15, 0.2) is 48.6 Å². The van der Waals surface area contributed by atoms with Gasteiger partial charge in [0.1, 0.15) is 5.75 Å². The average molecular weight is 862 g/mol. The lowest BCUT2D eigenvalue weighted by Gasteiger charge is -2.46. The number of hydrogen-bond donors (Lipinski definition) is 2. The molecule has 2 aromatic carbocycles. The van der Waals surface area contributed by atoms with Crippen molar-refractivity contribution in [1.82, 2.24) is 18.8 Å². The summed E-state index contributed by atoms with van der Waals surface area (Å²) < 4.78 is 75.7. The van der Waals surface area contributed by atoms with Crippen molar-refractivity contribution in [3.8, 4) is 5.75 Å². The molecule has 3 fully saturated rings. The lowest BCUT2D eigenvalue weighted by molar-refractivity contribution is -0.148. The van der Waals surface area contributed by atoms with Crippen LogP contribution in [0, 0.1) is 11.8 Å². The molecule has 2 aliphatic carbocycles. The topological polar surface area (TPSA) is 141 Å². The standard InChI is InChI=1S/C42H54ClF2N5O8S/c1-47-14-3-2-6-36(57-20-15-48-26-41(44,45)27-48)33-10-7-30(33)24-49-25-40(13-4-5-29-21-32(43)9-11-34(29)40)28-58-37-12-8-31(22-35(37)49)42(53,23-38(47)51)39(52)46-59(54,55)50-16-18-56-19-17-50/h2,6,8-9,11-12,21-22,30,33,36,53H,3-5,7,10,13-20,23-28H2,1H3,(H,46,52)/b6-2+/t30-,33+,36-,40-,42+/m0/s1. The average Bonchev–Trinajstić information content (AvgIpc) is 3.33. The third-order valence-electron chi connectivity index (χ3n) is 13.2. The number of amides is 2. The number of aryl methyl sites for hydroxylation is 1. The van der Waals surface area contributed by atoms with Gasteiger partial charge >= 0.3 is 10.2 Å². The number of nitrogens with one attached hydrogen (secondary N) is 1. The molecule has 4 aliphatic heterocycles. The fourth-order valence-corrected chi connectivity index (χ4v) is 11.0. The lowest BCUT2D eigenvalue weighted by Crippen LogP contribution is -2.57. The molecule has 1 saturated carbocycles. The number of likely N-dealkylation sites (tertiary alicyclic amines) is 1. The highest BCUT2D eigenvalue weighted by Crippen LogP contribution is 2.48. The predicted octanol–water partition coefficient (Wildman–Crippen LogP) is 3.86. The van der Waals surface area contributed by atoms with E-state index in [0.717, 1.165) is 42.0 Å². The van der Waals surface area contributed by atoms with Gasteiger partial charge in [-0.1, -0.05) is 35.9 Å². The summed E-state index contributed by atoms with van der Waals surface area (Å²) in [4.78, 5) is 33.5. The summed E-state index contributed by atoms with van der Waals surface area (Å²) in [6, 6.07) is 10.9. The Kier molecular flexibility index (Phi) is 12.1. The SMILES string of the molecule is CN1CC/C=C/[C@H](OCCN2CC(F)(F)C2)[C@@H]2CC[C@H]2CN2C[C@@]3(CCCc4cc(Cl)ccc43)COc3ccc(cc32)[C@@](O)(C(=O)NS(=O)(=O)N2CCOCC2)CC1=O. The van der Waals surface area contributed by atoms with Crippen LogP contribution < -0.4 is 14.4 Å². The van der Waals surface area contributed by atoms with Crippen molar-refractivity contribution in [3.63, 3.8) is 0 Å². The van der Waals surface area contributed by atoms with Crippen molar-refractivity contribution in [2.45, 2.75) is 68.0 Å². The third-order valence-corrected chi connectivity index (χ3v) is 14.9. The molecule has 322 valence electrons. The molecule has 6 aliphatic rings. The molecule has 2 N–H and O–H groups in total. The normalized spacial score (nSPS) is 30.9. The van der Waals surface area contributed by atoms with E-state index < -0.39 is 45.4 Å². The van der Waals surface area contributed by atoms with Gasteiger partial charge in [0, 0.05) is 56.8 Å². The maximum atomic E-state index is 14.2. The fraction of sp³-hybridized carbons (Fsp3) is 0.619. The van der Waals surface area contributed by atoms with Gasteiger partial charge in [-0.3, -0.25) is 14.5 Å². The van der Waals surface area contributed by atoms with Crippen molar-refractivity contribution < 1.29 is 46.1 Å². The Morgan fingerprint density at radius 1 is 1.08 bits per heavy atom. The van der Waals surface area contributed by atoms with E-state index in [1.54, 1.807) is 24.1 Å². The van der Waals surface area contributed by atoms with Crippen LogP contribution >= 0.6 is 11.6 Å². The first-order valence-electron chi connectivity index (χ1n) is 20.7. The van der Waals surface area contributed by atoms with Crippen LogP contribution in [0.3, 0.4) is 0 Å². The Balaban J connectivity index is 1.16. The van der Waals surface area contributed by atoms with E-state index in [1.165, 1.54) is 16.5 Å². The molecule has 0 aromatic heterocycles. The zero-order valence-corrected chi connectivity index (χ0v) is 35.0. The minimum absolute atomic E-state index is 0.0316.